The number of esters is 1. The van der Waals surface area contributed by atoms with E-state index >= 15 is 0 Å². The molecule has 0 radical (unpaired) electrons. The Balaban J connectivity index is 2.72. The van der Waals surface area contributed by atoms with E-state index in [4.69, 9.17) is 9.47 Å². The van der Waals surface area contributed by atoms with Crippen LogP contribution in [0.3, 0.4) is 0 Å². The van der Waals surface area contributed by atoms with E-state index in [1.54, 1.807) is 13.4 Å². The molecule has 0 saturated heterocycles. The summed E-state index contributed by atoms with van der Waals surface area (Å²) in [6.07, 6.45) is 5.36. The molecule has 1 saturated carbocycles. The molecule has 0 unspecified atom stereocenters. The fourth-order valence-electron chi connectivity index (χ4n) is 2.32. The predicted octanol–water partition coefficient (Wildman–Crippen LogP) is 3.15. The highest BCUT2D eigenvalue weighted by Gasteiger charge is 2.59. The summed E-state index contributed by atoms with van der Waals surface area (Å²) < 4.78 is 10.1. The van der Waals surface area contributed by atoms with Gasteiger partial charge >= 0.3 is 5.97 Å². The van der Waals surface area contributed by atoms with Crippen LogP contribution in [0.1, 0.15) is 40.5 Å². The Hall–Kier alpha value is -0.990. The zero-order valence-corrected chi connectivity index (χ0v) is 11.6. The molecule has 1 fully saturated rings. The van der Waals surface area contributed by atoms with E-state index in [1.807, 2.05) is 13.0 Å². The topological polar surface area (TPSA) is 35.5 Å². The Morgan fingerprint density at radius 3 is 2.59 bits per heavy atom. The molecule has 1 rings (SSSR count). The lowest BCUT2D eigenvalue weighted by Gasteiger charge is -2.20. The van der Waals surface area contributed by atoms with Crippen molar-refractivity contribution >= 4 is 5.97 Å². The molecule has 3 heteroatoms. The van der Waals surface area contributed by atoms with Gasteiger partial charge in [-0.15, -0.1) is 0 Å². The predicted molar refractivity (Wildman–Crippen MR) is 67.4 cm³/mol. The smallest absolute Gasteiger partial charge is 0.316 e. The third-order valence-electron chi connectivity index (χ3n) is 3.17. The van der Waals surface area contributed by atoms with Gasteiger partial charge in [-0.25, -0.2) is 0 Å². The number of carbonyl (C=O) groups is 1. The lowest BCUT2D eigenvalue weighted by atomic mass is 9.86. The number of hydrogen-bond acceptors (Lipinski definition) is 3. The fraction of sp³-hybridized carbons (Fsp3) is 0.786. The van der Waals surface area contributed by atoms with Crippen LogP contribution in [-0.4, -0.2) is 19.7 Å². The number of ether oxygens (including phenoxy) is 2. The number of hydrogen-bond donors (Lipinski definition) is 0. The molecule has 0 amide bonds. The molecule has 0 N–H and O–H groups in total. The zero-order valence-electron chi connectivity index (χ0n) is 11.6. The molecular weight excluding hydrogens is 216 g/mol. The van der Waals surface area contributed by atoms with Gasteiger partial charge in [0, 0.05) is 0 Å². The van der Waals surface area contributed by atoms with Gasteiger partial charge in [0.25, 0.3) is 0 Å². The van der Waals surface area contributed by atoms with Gasteiger partial charge < -0.3 is 9.47 Å². The first-order chi connectivity index (χ1) is 7.85. The van der Waals surface area contributed by atoms with Crippen LogP contribution in [0, 0.1) is 16.7 Å². The maximum Gasteiger partial charge on any atom is 0.316 e. The first-order valence-electron chi connectivity index (χ1n) is 6.23. The maximum atomic E-state index is 12.0. The first-order valence-corrected chi connectivity index (χ1v) is 6.23. The van der Waals surface area contributed by atoms with Crippen molar-refractivity contribution in [3.8, 4) is 0 Å². The average Bonchev–Trinajstić information content (AvgIpc) is 2.87. The fourth-order valence-corrected chi connectivity index (χ4v) is 2.32. The van der Waals surface area contributed by atoms with Gasteiger partial charge in [-0.1, -0.05) is 20.8 Å². The first kappa shape index (κ1) is 14.1. The van der Waals surface area contributed by atoms with Crippen molar-refractivity contribution in [2.24, 2.45) is 16.7 Å². The van der Waals surface area contributed by atoms with Crippen molar-refractivity contribution < 1.29 is 14.3 Å². The van der Waals surface area contributed by atoms with Crippen LogP contribution in [0.5, 0.6) is 0 Å². The number of rotatable bonds is 5. The molecule has 98 valence electrons. The second kappa shape index (κ2) is 5.11. The van der Waals surface area contributed by atoms with Gasteiger partial charge in [0.05, 0.1) is 25.4 Å². The zero-order chi connectivity index (χ0) is 13.1. The molecule has 0 aromatic carbocycles. The van der Waals surface area contributed by atoms with Gasteiger partial charge in [-0.05, 0) is 37.2 Å². The highest BCUT2D eigenvalue weighted by atomic mass is 16.5. The molecule has 0 heterocycles. The van der Waals surface area contributed by atoms with E-state index in [0.29, 0.717) is 12.5 Å². The van der Waals surface area contributed by atoms with E-state index in [1.165, 1.54) is 0 Å². The lowest BCUT2D eigenvalue weighted by Crippen LogP contribution is -2.21. The third-order valence-corrected chi connectivity index (χ3v) is 3.17. The monoisotopic (exact) mass is 240 g/mol. The summed E-state index contributed by atoms with van der Waals surface area (Å²) in [5.41, 5.74) is -0.195. The number of carbonyl (C=O) groups excluding carboxylic acids is 1. The van der Waals surface area contributed by atoms with Crippen molar-refractivity contribution in [3.63, 3.8) is 0 Å². The standard InChI is InChI=1S/C14H24O3/c1-6-17-12(15)14(7-8-16-5)10-11(14)9-13(2,3)4/h7-8,11H,6,9-10H2,1-5H3/t11-,14-/m1/s1. The van der Waals surface area contributed by atoms with Crippen molar-refractivity contribution in [1.82, 2.24) is 0 Å². The van der Waals surface area contributed by atoms with Crippen LogP contribution in [0.15, 0.2) is 12.3 Å². The van der Waals surface area contributed by atoms with Gasteiger partial charge in [-0.2, -0.15) is 0 Å². The molecule has 2 atom stereocenters. The largest absolute Gasteiger partial charge is 0.505 e. The molecule has 0 aliphatic heterocycles. The van der Waals surface area contributed by atoms with Crippen LogP contribution < -0.4 is 0 Å². The molecule has 0 aromatic rings. The molecule has 17 heavy (non-hydrogen) atoms. The van der Waals surface area contributed by atoms with Crippen LogP contribution in [0.2, 0.25) is 0 Å². The van der Waals surface area contributed by atoms with E-state index in [-0.39, 0.29) is 11.4 Å². The average molecular weight is 240 g/mol. The van der Waals surface area contributed by atoms with E-state index in [2.05, 4.69) is 20.8 Å². The van der Waals surface area contributed by atoms with E-state index in [0.717, 1.165) is 12.8 Å². The minimum Gasteiger partial charge on any atom is -0.505 e. The molecule has 0 aromatic heterocycles. The summed E-state index contributed by atoms with van der Waals surface area (Å²) in [6.45, 7) is 8.86. The Labute approximate surface area is 104 Å². The Bertz CT molecular complexity index is 301. The Kier molecular flexibility index (Phi) is 4.23. The van der Waals surface area contributed by atoms with Gasteiger partial charge in [-0.3, -0.25) is 4.79 Å². The summed E-state index contributed by atoms with van der Waals surface area (Å²) in [5.74, 6) is 0.274. The summed E-state index contributed by atoms with van der Waals surface area (Å²) >= 11 is 0. The minimum atomic E-state index is -0.431. The van der Waals surface area contributed by atoms with Gasteiger partial charge in [0.2, 0.25) is 0 Å². The maximum absolute atomic E-state index is 12.0. The summed E-state index contributed by atoms with van der Waals surface area (Å²) in [6, 6.07) is 0. The minimum absolute atomic E-state index is 0.109. The molecular formula is C14H24O3. The van der Waals surface area contributed by atoms with Gasteiger partial charge in [0.1, 0.15) is 0 Å². The third kappa shape index (κ3) is 3.48. The SMILES string of the molecule is CCOC(=O)[C@]1(C=COC)C[C@H]1CC(C)(C)C. The summed E-state index contributed by atoms with van der Waals surface area (Å²) in [7, 11) is 1.59. The quantitative estimate of drug-likeness (QED) is 0.547. The normalized spacial score (nSPS) is 28.2. The van der Waals surface area contributed by atoms with Crippen LogP contribution in [0.4, 0.5) is 0 Å². The molecule has 0 spiro atoms. The second-order valence-electron chi connectivity index (χ2n) is 5.97. The van der Waals surface area contributed by atoms with E-state index < -0.39 is 5.41 Å². The summed E-state index contributed by atoms with van der Waals surface area (Å²) in [4.78, 5) is 12.0. The van der Waals surface area contributed by atoms with Crippen molar-refractivity contribution in [2.75, 3.05) is 13.7 Å². The second-order valence-corrected chi connectivity index (χ2v) is 5.97. The van der Waals surface area contributed by atoms with Crippen LogP contribution >= 0.6 is 0 Å². The van der Waals surface area contributed by atoms with Crippen LogP contribution in [0.25, 0.3) is 0 Å². The Morgan fingerprint density at radius 2 is 2.12 bits per heavy atom. The lowest BCUT2D eigenvalue weighted by molar-refractivity contribution is -0.148. The molecule has 3 nitrogen and oxygen atoms in total. The van der Waals surface area contributed by atoms with Crippen LogP contribution in [-0.2, 0) is 14.3 Å². The van der Waals surface area contributed by atoms with Crippen molar-refractivity contribution in [2.45, 2.75) is 40.5 Å². The molecule has 1 aliphatic carbocycles. The van der Waals surface area contributed by atoms with Gasteiger partial charge in [0.15, 0.2) is 0 Å². The molecule has 1 aliphatic rings. The highest BCUT2D eigenvalue weighted by Crippen LogP contribution is 2.59. The van der Waals surface area contributed by atoms with Crippen molar-refractivity contribution in [3.05, 3.63) is 12.3 Å². The van der Waals surface area contributed by atoms with Crippen molar-refractivity contribution in [1.29, 1.82) is 0 Å². The highest BCUT2D eigenvalue weighted by molar-refractivity contribution is 5.83. The summed E-state index contributed by atoms with van der Waals surface area (Å²) in [5, 5.41) is 0. The molecule has 0 bridgehead atoms. The number of methoxy groups -OCH3 is 1. The Morgan fingerprint density at radius 1 is 1.47 bits per heavy atom. The van der Waals surface area contributed by atoms with E-state index in [9.17, 15) is 4.79 Å².